The first-order valence-corrected chi connectivity index (χ1v) is 6.34. The van der Waals surface area contributed by atoms with Crippen LogP contribution in [0.25, 0.3) is 0 Å². The van der Waals surface area contributed by atoms with Gasteiger partial charge in [-0.1, -0.05) is 11.6 Å². The van der Waals surface area contributed by atoms with Crippen molar-refractivity contribution in [1.82, 2.24) is 5.32 Å². The SMILES string of the molecule is COc1ccc(N(C)CC2CCNC2)cc1Cl. The summed E-state index contributed by atoms with van der Waals surface area (Å²) in [4.78, 5) is 2.25. The van der Waals surface area contributed by atoms with Gasteiger partial charge in [-0.15, -0.1) is 0 Å². The van der Waals surface area contributed by atoms with Crippen LogP contribution in [0.3, 0.4) is 0 Å². The quantitative estimate of drug-likeness (QED) is 0.893. The molecule has 1 aromatic rings. The molecule has 1 N–H and O–H groups in total. The van der Waals surface area contributed by atoms with Crippen LogP contribution in [0.5, 0.6) is 5.75 Å². The van der Waals surface area contributed by atoms with Crippen molar-refractivity contribution in [2.45, 2.75) is 6.42 Å². The van der Waals surface area contributed by atoms with Crippen LogP contribution in [0.1, 0.15) is 6.42 Å². The Morgan fingerprint density at radius 2 is 2.35 bits per heavy atom. The zero-order valence-corrected chi connectivity index (χ0v) is 11.1. The zero-order valence-electron chi connectivity index (χ0n) is 10.4. The summed E-state index contributed by atoms with van der Waals surface area (Å²) in [5, 5.41) is 4.05. The van der Waals surface area contributed by atoms with Gasteiger partial charge in [0.25, 0.3) is 0 Å². The average molecular weight is 255 g/mol. The predicted molar refractivity (Wildman–Crippen MR) is 72.3 cm³/mol. The van der Waals surface area contributed by atoms with Crippen molar-refractivity contribution in [1.29, 1.82) is 0 Å². The van der Waals surface area contributed by atoms with Crippen molar-refractivity contribution in [3.05, 3.63) is 23.2 Å². The predicted octanol–water partition coefficient (Wildman–Crippen LogP) is 2.39. The van der Waals surface area contributed by atoms with Gasteiger partial charge in [-0.05, 0) is 43.6 Å². The van der Waals surface area contributed by atoms with E-state index in [0.29, 0.717) is 5.02 Å². The van der Waals surface area contributed by atoms with E-state index in [-0.39, 0.29) is 0 Å². The molecule has 1 aromatic carbocycles. The summed E-state index contributed by atoms with van der Waals surface area (Å²) < 4.78 is 5.15. The molecule has 0 radical (unpaired) electrons. The first kappa shape index (κ1) is 12.5. The van der Waals surface area contributed by atoms with Gasteiger partial charge in [0.05, 0.1) is 12.1 Å². The Bertz CT molecular complexity index is 378. The minimum Gasteiger partial charge on any atom is -0.495 e. The Hall–Kier alpha value is -0.930. The van der Waals surface area contributed by atoms with Crippen LogP contribution in [0.2, 0.25) is 5.02 Å². The standard InChI is InChI=1S/C13H19ClN2O/c1-16(9-10-5-6-15-8-10)11-3-4-13(17-2)12(14)7-11/h3-4,7,10,15H,5-6,8-9H2,1-2H3. The fourth-order valence-corrected chi connectivity index (χ4v) is 2.51. The number of anilines is 1. The molecular weight excluding hydrogens is 236 g/mol. The number of methoxy groups -OCH3 is 1. The van der Waals surface area contributed by atoms with Crippen molar-refractivity contribution in [3.8, 4) is 5.75 Å². The molecule has 3 nitrogen and oxygen atoms in total. The van der Waals surface area contributed by atoms with E-state index in [9.17, 15) is 0 Å². The molecule has 1 atom stereocenters. The average Bonchev–Trinajstić information content (AvgIpc) is 2.81. The summed E-state index contributed by atoms with van der Waals surface area (Å²) in [7, 11) is 3.74. The van der Waals surface area contributed by atoms with E-state index >= 15 is 0 Å². The molecule has 1 unspecified atom stereocenters. The lowest BCUT2D eigenvalue weighted by Gasteiger charge is -2.23. The van der Waals surface area contributed by atoms with Gasteiger partial charge in [-0.3, -0.25) is 0 Å². The molecule has 94 valence electrons. The third kappa shape index (κ3) is 3.05. The van der Waals surface area contributed by atoms with Gasteiger partial charge in [0.1, 0.15) is 5.75 Å². The lowest BCUT2D eigenvalue weighted by Crippen LogP contribution is -2.26. The van der Waals surface area contributed by atoms with Crippen LogP contribution in [-0.4, -0.2) is 33.8 Å². The van der Waals surface area contributed by atoms with Gasteiger partial charge in [0.15, 0.2) is 0 Å². The minimum absolute atomic E-state index is 0.668. The van der Waals surface area contributed by atoms with E-state index in [1.165, 1.54) is 6.42 Å². The molecule has 0 aliphatic carbocycles. The van der Waals surface area contributed by atoms with Crippen LogP contribution in [-0.2, 0) is 0 Å². The summed E-state index contributed by atoms with van der Waals surface area (Å²) >= 11 is 6.13. The number of hydrogen-bond acceptors (Lipinski definition) is 3. The highest BCUT2D eigenvalue weighted by molar-refractivity contribution is 6.32. The molecule has 2 rings (SSSR count). The molecule has 1 fully saturated rings. The molecule has 0 spiro atoms. The number of nitrogens with zero attached hydrogens (tertiary/aromatic N) is 1. The van der Waals surface area contributed by atoms with Gasteiger partial charge >= 0.3 is 0 Å². The Morgan fingerprint density at radius 1 is 1.53 bits per heavy atom. The Kier molecular flexibility index (Phi) is 4.13. The van der Waals surface area contributed by atoms with Gasteiger partial charge in [0.2, 0.25) is 0 Å². The maximum absolute atomic E-state index is 6.13. The molecule has 0 saturated carbocycles. The maximum atomic E-state index is 6.13. The van der Waals surface area contributed by atoms with E-state index < -0.39 is 0 Å². The number of rotatable bonds is 4. The second kappa shape index (κ2) is 5.61. The normalized spacial score (nSPS) is 19.4. The second-order valence-corrected chi connectivity index (χ2v) is 4.97. The van der Waals surface area contributed by atoms with Gasteiger partial charge in [0, 0.05) is 19.3 Å². The molecule has 0 bridgehead atoms. The van der Waals surface area contributed by atoms with E-state index in [4.69, 9.17) is 16.3 Å². The van der Waals surface area contributed by atoms with Gasteiger partial charge in [-0.25, -0.2) is 0 Å². The number of hydrogen-bond donors (Lipinski definition) is 1. The molecule has 1 aliphatic heterocycles. The largest absolute Gasteiger partial charge is 0.495 e. The fourth-order valence-electron chi connectivity index (χ4n) is 2.26. The maximum Gasteiger partial charge on any atom is 0.137 e. The summed E-state index contributed by atoms with van der Waals surface area (Å²) in [6.07, 6.45) is 1.26. The molecular formula is C13H19ClN2O. The lowest BCUT2D eigenvalue weighted by atomic mass is 10.1. The highest BCUT2D eigenvalue weighted by Gasteiger charge is 2.17. The van der Waals surface area contributed by atoms with Crippen LogP contribution in [0.15, 0.2) is 18.2 Å². The monoisotopic (exact) mass is 254 g/mol. The highest BCUT2D eigenvalue weighted by atomic mass is 35.5. The van der Waals surface area contributed by atoms with Crippen LogP contribution >= 0.6 is 11.6 Å². The first-order valence-electron chi connectivity index (χ1n) is 5.96. The number of benzene rings is 1. The topological polar surface area (TPSA) is 24.5 Å². The second-order valence-electron chi connectivity index (χ2n) is 4.56. The first-order chi connectivity index (χ1) is 8.20. The van der Waals surface area contributed by atoms with E-state index in [0.717, 1.165) is 37.0 Å². The molecule has 1 heterocycles. The van der Waals surface area contributed by atoms with E-state index in [2.05, 4.69) is 17.3 Å². The summed E-state index contributed by atoms with van der Waals surface area (Å²) in [6.45, 7) is 3.33. The Morgan fingerprint density at radius 3 is 2.94 bits per heavy atom. The smallest absolute Gasteiger partial charge is 0.137 e. The molecule has 17 heavy (non-hydrogen) atoms. The zero-order chi connectivity index (χ0) is 12.3. The fraction of sp³-hybridized carbons (Fsp3) is 0.538. The third-order valence-electron chi connectivity index (χ3n) is 3.27. The highest BCUT2D eigenvalue weighted by Crippen LogP contribution is 2.29. The lowest BCUT2D eigenvalue weighted by molar-refractivity contribution is 0.415. The van der Waals surface area contributed by atoms with Crippen molar-refractivity contribution < 1.29 is 4.74 Å². The molecule has 4 heteroatoms. The van der Waals surface area contributed by atoms with Crippen LogP contribution in [0, 0.1) is 5.92 Å². The molecule has 0 amide bonds. The third-order valence-corrected chi connectivity index (χ3v) is 3.57. The molecule has 0 aromatic heterocycles. The van der Waals surface area contributed by atoms with Crippen molar-refractivity contribution in [2.24, 2.45) is 5.92 Å². The van der Waals surface area contributed by atoms with Crippen molar-refractivity contribution in [3.63, 3.8) is 0 Å². The van der Waals surface area contributed by atoms with E-state index in [1.54, 1.807) is 7.11 Å². The van der Waals surface area contributed by atoms with Gasteiger partial charge < -0.3 is 15.0 Å². The van der Waals surface area contributed by atoms with E-state index in [1.807, 2.05) is 18.2 Å². The number of nitrogens with one attached hydrogen (secondary N) is 1. The van der Waals surface area contributed by atoms with Crippen LogP contribution in [0.4, 0.5) is 5.69 Å². The summed E-state index contributed by atoms with van der Waals surface area (Å²) in [6, 6.07) is 5.93. The summed E-state index contributed by atoms with van der Waals surface area (Å²) in [5.41, 5.74) is 1.14. The molecule has 1 saturated heterocycles. The Labute approximate surface area is 108 Å². The van der Waals surface area contributed by atoms with Crippen molar-refractivity contribution >= 4 is 17.3 Å². The number of halogens is 1. The summed E-state index contributed by atoms with van der Waals surface area (Å²) in [5.74, 6) is 1.47. The number of ether oxygens (including phenoxy) is 1. The van der Waals surface area contributed by atoms with Gasteiger partial charge in [-0.2, -0.15) is 0 Å². The molecule has 1 aliphatic rings. The van der Waals surface area contributed by atoms with Crippen molar-refractivity contribution in [2.75, 3.05) is 38.7 Å². The Balaban J connectivity index is 2.02. The minimum atomic E-state index is 0.668. The van der Waals surface area contributed by atoms with Crippen LogP contribution < -0.4 is 15.0 Å².